The van der Waals surface area contributed by atoms with Crippen molar-refractivity contribution in [3.05, 3.63) is 17.5 Å². The molecule has 8 heteroatoms. The van der Waals surface area contributed by atoms with Crippen LogP contribution in [0, 0.1) is 6.92 Å². The van der Waals surface area contributed by atoms with Gasteiger partial charge in [0.05, 0.1) is 5.69 Å². The number of carbonyl (C=O) groups is 2. The van der Waals surface area contributed by atoms with Gasteiger partial charge in [0.25, 0.3) is 0 Å². The Kier molecular flexibility index (Phi) is 6.93. The molecule has 130 valence electrons. The highest BCUT2D eigenvalue weighted by Gasteiger charge is 2.24. The Hall–Kier alpha value is -1.70. The molecule has 1 aromatic rings. The summed E-state index contributed by atoms with van der Waals surface area (Å²) in [4.78, 5) is 23.0. The van der Waals surface area contributed by atoms with Crippen LogP contribution in [0.25, 0.3) is 0 Å². The molecule has 0 fully saturated rings. The maximum Gasteiger partial charge on any atom is 0.408 e. The van der Waals surface area contributed by atoms with Gasteiger partial charge >= 0.3 is 12.1 Å². The van der Waals surface area contributed by atoms with E-state index in [-0.39, 0.29) is 5.75 Å². The van der Waals surface area contributed by atoms with Gasteiger partial charge in [-0.3, -0.25) is 4.68 Å². The first kappa shape index (κ1) is 19.3. The molecule has 2 N–H and O–H groups in total. The summed E-state index contributed by atoms with van der Waals surface area (Å²) in [5, 5.41) is 16.0. The topological polar surface area (TPSA) is 93.5 Å². The van der Waals surface area contributed by atoms with Crippen LogP contribution in [-0.4, -0.2) is 44.3 Å². The van der Waals surface area contributed by atoms with Gasteiger partial charge in [-0.05, 0) is 40.7 Å². The first-order valence-electron chi connectivity index (χ1n) is 7.45. The summed E-state index contributed by atoms with van der Waals surface area (Å²) < 4.78 is 6.97. The lowest BCUT2D eigenvalue weighted by Gasteiger charge is -2.21. The van der Waals surface area contributed by atoms with Gasteiger partial charge in [-0.25, -0.2) is 9.59 Å². The van der Waals surface area contributed by atoms with Crippen molar-refractivity contribution in [3.8, 4) is 0 Å². The second kappa shape index (κ2) is 8.24. The molecule has 0 aliphatic carbocycles. The quantitative estimate of drug-likeness (QED) is 0.790. The van der Waals surface area contributed by atoms with E-state index in [1.54, 1.807) is 20.8 Å². The third-order valence-electron chi connectivity index (χ3n) is 2.81. The Morgan fingerprint density at radius 2 is 2.13 bits per heavy atom. The van der Waals surface area contributed by atoms with Gasteiger partial charge < -0.3 is 15.2 Å². The summed E-state index contributed by atoms with van der Waals surface area (Å²) in [6.07, 6.45) is -0.722. The zero-order valence-electron chi connectivity index (χ0n) is 14.3. The molecule has 0 aromatic carbocycles. The first-order valence-corrected chi connectivity index (χ1v) is 8.61. The van der Waals surface area contributed by atoms with Crippen molar-refractivity contribution in [1.29, 1.82) is 0 Å². The minimum atomic E-state index is -1.08. The lowest BCUT2D eigenvalue weighted by atomic mass is 10.2. The van der Waals surface area contributed by atoms with Gasteiger partial charge in [0, 0.05) is 23.7 Å². The third-order valence-corrected chi connectivity index (χ3v) is 3.88. The SMILES string of the molecule is CCn1nc(C)cc1CSCC(NC(=O)OC(C)(C)C)C(=O)O. The number of amides is 1. The van der Waals surface area contributed by atoms with Crippen LogP contribution in [-0.2, 0) is 21.8 Å². The second-order valence-corrected chi connectivity index (χ2v) is 7.18. The molecular weight excluding hydrogens is 318 g/mol. The van der Waals surface area contributed by atoms with Crippen LogP contribution < -0.4 is 5.32 Å². The molecule has 0 bridgehead atoms. The highest BCUT2D eigenvalue weighted by Crippen LogP contribution is 2.15. The molecule has 23 heavy (non-hydrogen) atoms. The molecule has 1 heterocycles. The Morgan fingerprint density at radius 1 is 1.48 bits per heavy atom. The molecule has 1 unspecified atom stereocenters. The van der Waals surface area contributed by atoms with Gasteiger partial charge in [0.15, 0.2) is 0 Å². The zero-order chi connectivity index (χ0) is 17.6. The molecule has 0 saturated heterocycles. The number of carboxylic acids is 1. The van der Waals surface area contributed by atoms with E-state index in [2.05, 4.69) is 10.4 Å². The molecule has 0 saturated carbocycles. The van der Waals surface area contributed by atoms with Gasteiger partial charge in [-0.1, -0.05) is 0 Å². The molecule has 0 aliphatic rings. The lowest BCUT2D eigenvalue weighted by molar-refractivity contribution is -0.138. The summed E-state index contributed by atoms with van der Waals surface area (Å²) in [7, 11) is 0. The average Bonchev–Trinajstić information content (AvgIpc) is 2.75. The number of aryl methyl sites for hydroxylation is 2. The fraction of sp³-hybridized carbons (Fsp3) is 0.667. The fourth-order valence-corrected chi connectivity index (χ4v) is 2.92. The Labute approximate surface area is 140 Å². The van der Waals surface area contributed by atoms with Crippen LogP contribution >= 0.6 is 11.8 Å². The van der Waals surface area contributed by atoms with Crippen molar-refractivity contribution in [3.63, 3.8) is 0 Å². The number of hydrogen-bond acceptors (Lipinski definition) is 5. The van der Waals surface area contributed by atoms with Crippen molar-refractivity contribution in [2.75, 3.05) is 5.75 Å². The van der Waals surface area contributed by atoms with Crippen molar-refractivity contribution < 1.29 is 19.4 Å². The molecular formula is C15H25N3O4S. The van der Waals surface area contributed by atoms with Crippen LogP contribution in [0.5, 0.6) is 0 Å². The van der Waals surface area contributed by atoms with E-state index in [4.69, 9.17) is 4.74 Å². The van der Waals surface area contributed by atoms with E-state index in [1.165, 1.54) is 11.8 Å². The predicted molar refractivity (Wildman–Crippen MR) is 89.6 cm³/mol. The molecule has 7 nitrogen and oxygen atoms in total. The summed E-state index contributed by atoms with van der Waals surface area (Å²) in [5.74, 6) is -0.194. The number of aromatic nitrogens is 2. The van der Waals surface area contributed by atoms with Crippen molar-refractivity contribution in [2.45, 2.75) is 58.6 Å². The molecule has 0 spiro atoms. The highest BCUT2D eigenvalue weighted by atomic mass is 32.2. The van der Waals surface area contributed by atoms with Crippen LogP contribution in [0.15, 0.2) is 6.07 Å². The minimum absolute atomic E-state index is 0.252. The number of aliphatic carboxylic acids is 1. The Balaban J connectivity index is 2.53. The minimum Gasteiger partial charge on any atom is -0.480 e. The zero-order valence-corrected chi connectivity index (χ0v) is 15.1. The van der Waals surface area contributed by atoms with Crippen LogP contribution in [0.2, 0.25) is 0 Å². The summed E-state index contributed by atoms with van der Waals surface area (Å²) in [6, 6.07) is 0.988. The number of nitrogens with one attached hydrogen (secondary N) is 1. The fourth-order valence-electron chi connectivity index (χ4n) is 1.89. The van der Waals surface area contributed by atoms with E-state index in [0.29, 0.717) is 5.75 Å². The lowest BCUT2D eigenvalue weighted by Crippen LogP contribution is -2.44. The maximum absolute atomic E-state index is 11.7. The number of carbonyl (C=O) groups excluding carboxylic acids is 1. The molecule has 1 atom stereocenters. The molecule has 1 aromatic heterocycles. The molecule has 1 rings (SSSR count). The van der Waals surface area contributed by atoms with Crippen LogP contribution in [0.4, 0.5) is 4.79 Å². The third kappa shape index (κ3) is 6.94. The van der Waals surface area contributed by atoms with Crippen LogP contribution in [0.3, 0.4) is 0 Å². The maximum atomic E-state index is 11.7. The highest BCUT2D eigenvalue weighted by molar-refractivity contribution is 7.98. The Bertz CT molecular complexity index is 551. The second-order valence-electron chi connectivity index (χ2n) is 6.15. The van der Waals surface area contributed by atoms with E-state index in [0.717, 1.165) is 17.9 Å². The van der Waals surface area contributed by atoms with Crippen LogP contribution in [0.1, 0.15) is 39.1 Å². The molecule has 0 aliphatic heterocycles. The summed E-state index contributed by atoms with van der Waals surface area (Å²) >= 11 is 1.43. The van der Waals surface area contributed by atoms with E-state index >= 15 is 0 Å². The van der Waals surface area contributed by atoms with Crippen molar-refractivity contribution >= 4 is 23.8 Å². The molecule has 0 radical (unpaired) electrons. The molecule has 1 amide bonds. The smallest absolute Gasteiger partial charge is 0.408 e. The van der Waals surface area contributed by atoms with E-state index in [9.17, 15) is 14.7 Å². The van der Waals surface area contributed by atoms with E-state index in [1.807, 2.05) is 24.6 Å². The van der Waals surface area contributed by atoms with Crippen molar-refractivity contribution in [1.82, 2.24) is 15.1 Å². The number of alkyl carbamates (subject to hydrolysis) is 1. The number of hydrogen-bond donors (Lipinski definition) is 2. The number of thioether (sulfide) groups is 1. The normalized spacial score (nSPS) is 12.7. The van der Waals surface area contributed by atoms with Crippen molar-refractivity contribution in [2.24, 2.45) is 0 Å². The number of ether oxygens (including phenoxy) is 1. The standard InChI is InChI=1S/C15H25N3O4S/c1-6-18-11(7-10(2)17-18)8-23-9-12(13(19)20)16-14(21)22-15(3,4)5/h7,12H,6,8-9H2,1-5H3,(H,16,21)(H,19,20). The monoisotopic (exact) mass is 343 g/mol. The number of carboxylic acid groups (broad SMARTS) is 1. The van der Waals surface area contributed by atoms with Gasteiger partial charge in [0.2, 0.25) is 0 Å². The average molecular weight is 343 g/mol. The first-order chi connectivity index (χ1) is 10.6. The summed E-state index contributed by atoms with van der Waals surface area (Å²) in [6.45, 7) is 9.87. The Morgan fingerprint density at radius 3 is 2.65 bits per heavy atom. The van der Waals surface area contributed by atoms with Gasteiger partial charge in [-0.2, -0.15) is 16.9 Å². The summed E-state index contributed by atoms with van der Waals surface area (Å²) in [5.41, 5.74) is 1.31. The van der Waals surface area contributed by atoms with Gasteiger partial charge in [-0.15, -0.1) is 0 Å². The largest absolute Gasteiger partial charge is 0.480 e. The number of rotatable bonds is 7. The van der Waals surface area contributed by atoms with E-state index < -0.39 is 23.7 Å². The predicted octanol–water partition coefficient (Wildman–Crippen LogP) is 2.42. The number of nitrogens with zero attached hydrogens (tertiary/aromatic N) is 2. The van der Waals surface area contributed by atoms with Gasteiger partial charge in [0.1, 0.15) is 11.6 Å².